The van der Waals surface area contributed by atoms with Crippen molar-refractivity contribution < 1.29 is 18.7 Å². The predicted molar refractivity (Wildman–Crippen MR) is 89.0 cm³/mol. The standard InChI is InChI=1S/C19H20FNO3/c1-23-17-9-8-14(12-18(17)24-2)19(22)21-10-4-7-16(21)13-5-3-6-15(20)11-13/h3,5-6,8-9,11-12,16H,4,7,10H2,1-2H3/t16-/m0/s1. The fourth-order valence-corrected chi connectivity index (χ4v) is 3.21. The maximum atomic E-state index is 13.5. The maximum Gasteiger partial charge on any atom is 0.254 e. The highest BCUT2D eigenvalue weighted by molar-refractivity contribution is 5.95. The second-order valence-corrected chi connectivity index (χ2v) is 5.78. The molecule has 0 saturated carbocycles. The molecule has 1 aliphatic heterocycles. The van der Waals surface area contributed by atoms with E-state index < -0.39 is 0 Å². The number of likely N-dealkylation sites (tertiary alicyclic amines) is 1. The number of nitrogens with zero attached hydrogens (tertiary/aromatic N) is 1. The minimum absolute atomic E-state index is 0.0808. The number of carbonyl (C=O) groups is 1. The van der Waals surface area contributed by atoms with Gasteiger partial charge in [0.1, 0.15) is 5.82 Å². The molecule has 0 aromatic heterocycles. The van der Waals surface area contributed by atoms with E-state index in [9.17, 15) is 9.18 Å². The van der Waals surface area contributed by atoms with Crippen molar-refractivity contribution in [3.63, 3.8) is 0 Å². The van der Waals surface area contributed by atoms with Crippen LogP contribution in [0.4, 0.5) is 4.39 Å². The highest BCUT2D eigenvalue weighted by Gasteiger charge is 2.31. The van der Waals surface area contributed by atoms with Gasteiger partial charge in [0.2, 0.25) is 0 Å². The molecule has 5 heteroatoms. The molecule has 0 spiro atoms. The highest BCUT2D eigenvalue weighted by Crippen LogP contribution is 2.35. The fraction of sp³-hybridized carbons (Fsp3) is 0.316. The van der Waals surface area contributed by atoms with Crippen molar-refractivity contribution in [2.75, 3.05) is 20.8 Å². The van der Waals surface area contributed by atoms with Crippen LogP contribution in [0.2, 0.25) is 0 Å². The van der Waals surface area contributed by atoms with Gasteiger partial charge in [-0.15, -0.1) is 0 Å². The maximum absolute atomic E-state index is 13.5. The Labute approximate surface area is 140 Å². The number of hydrogen-bond acceptors (Lipinski definition) is 3. The highest BCUT2D eigenvalue weighted by atomic mass is 19.1. The number of ether oxygens (including phenoxy) is 2. The van der Waals surface area contributed by atoms with Crippen molar-refractivity contribution in [2.24, 2.45) is 0 Å². The molecule has 0 unspecified atom stereocenters. The van der Waals surface area contributed by atoms with Crippen molar-refractivity contribution in [2.45, 2.75) is 18.9 Å². The quantitative estimate of drug-likeness (QED) is 0.856. The molecule has 2 aromatic carbocycles. The lowest BCUT2D eigenvalue weighted by Gasteiger charge is -2.25. The fourth-order valence-electron chi connectivity index (χ4n) is 3.21. The summed E-state index contributed by atoms with van der Waals surface area (Å²) in [6.45, 7) is 0.661. The molecule has 1 aliphatic rings. The summed E-state index contributed by atoms with van der Waals surface area (Å²) >= 11 is 0. The zero-order valence-electron chi connectivity index (χ0n) is 13.8. The molecule has 1 amide bonds. The molecule has 24 heavy (non-hydrogen) atoms. The number of halogens is 1. The Morgan fingerprint density at radius 1 is 1.12 bits per heavy atom. The van der Waals surface area contributed by atoms with Crippen LogP contribution in [0.15, 0.2) is 42.5 Å². The normalized spacial score (nSPS) is 17.0. The van der Waals surface area contributed by atoms with Crippen molar-refractivity contribution >= 4 is 5.91 Å². The van der Waals surface area contributed by atoms with Crippen molar-refractivity contribution in [3.05, 3.63) is 59.4 Å². The van der Waals surface area contributed by atoms with E-state index in [1.54, 1.807) is 36.3 Å². The average molecular weight is 329 g/mol. The molecule has 0 bridgehead atoms. The van der Waals surface area contributed by atoms with E-state index in [2.05, 4.69) is 0 Å². The molecule has 4 nitrogen and oxygen atoms in total. The predicted octanol–water partition coefficient (Wildman–Crippen LogP) is 3.82. The van der Waals surface area contributed by atoms with E-state index in [1.165, 1.54) is 19.2 Å². The summed E-state index contributed by atoms with van der Waals surface area (Å²) in [5.74, 6) is 0.739. The van der Waals surface area contributed by atoms with Crippen molar-refractivity contribution in [1.29, 1.82) is 0 Å². The largest absolute Gasteiger partial charge is 0.493 e. The molecule has 3 rings (SSSR count). The van der Waals surface area contributed by atoms with Gasteiger partial charge in [-0.3, -0.25) is 4.79 Å². The van der Waals surface area contributed by atoms with Gasteiger partial charge in [0, 0.05) is 12.1 Å². The lowest BCUT2D eigenvalue weighted by molar-refractivity contribution is 0.0735. The Bertz CT molecular complexity index is 747. The summed E-state index contributed by atoms with van der Waals surface area (Å²) in [5.41, 5.74) is 1.37. The molecule has 1 atom stereocenters. The molecular formula is C19H20FNO3. The summed E-state index contributed by atoms with van der Waals surface area (Å²) in [5, 5.41) is 0. The smallest absolute Gasteiger partial charge is 0.254 e. The van der Waals surface area contributed by atoms with Crippen LogP contribution in [0, 0.1) is 5.82 Å². The summed E-state index contributed by atoms with van der Waals surface area (Å²) in [4.78, 5) is 14.7. The molecule has 126 valence electrons. The second-order valence-electron chi connectivity index (χ2n) is 5.78. The Balaban J connectivity index is 1.88. The third-order valence-electron chi connectivity index (χ3n) is 4.38. The number of rotatable bonds is 4. The summed E-state index contributed by atoms with van der Waals surface area (Å²) in [7, 11) is 3.09. The topological polar surface area (TPSA) is 38.8 Å². The molecule has 1 heterocycles. The summed E-state index contributed by atoms with van der Waals surface area (Å²) in [6.07, 6.45) is 1.74. The zero-order chi connectivity index (χ0) is 17.1. The van der Waals surface area contributed by atoms with Gasteiger partial charge >= 0.3 is 0 Å². The van der Waals surface area contributed by atoms with Gasteiger partial charge in [0.05, 0.1) is 20.3 Å². The van der Waals surface area contributed by atoms with Crippen LogP contribution in [0.3, 0.4) is 0 Å². The molecule has 1 saturated heterocycles. The third-order valence-corrected chi connectivity index (χ3v) is 4.38. The lowest BCUT2D eigenvalue weighted by Crippen LogP contribution is -2.30. The molecule has 2 aromatic rings. The first kappa shape index (κ1) is 16.3. The second kappa shape index (κ2) is 6.91. The van der Waals surface area contributed by atoms with Crippen LogP contribution < -0.4 is 9.47 Å². The third kappa shape index (κ3) is 3.07. The van der Waals surface area contributed by atoms with Crippen LogP contribution in [0.1, 0.15) is 34.8 Å². The van der Waals surface area contributed by atoms with Crippen LogP contribution in [-0.2, 0) is 0 Å². The monoisotopic (exact) mass is 329 g/mol. The zero-order valence-corrected chi connectivity index (χ0v) is 13.8. The van der Waals surface area contributed by atoms with E-state index in [0.717, 1.165) is 18.4 Å². The van der Waals surface area contributed by atoms with Gasteiger partial charge in [-0.25, -0.2) is 4.39 Å². The molecule has 0 radical (unpaired) electrons. The van der Waals surface area contributed by atoms with Gasteiger partial charge in [-0.05, 0) is 48.7 Å². The Morgan fingerprint density at radius 2 is 1.92 bits per heavy atom. The summed E-state index contributed by atoms with van der Waals surface area (Å²) in [6, 6.07) is 11.5. The van der Waals surface area contributed by atoms with Gasteiger partial charge in [-0.2, -0.15) is 0 Å². The molecule has 0 N–H and O–H groups in total. The van der Waals surface area contributed by atoms with Crippen molar-refractivity contribution in [1.82, 2.24) is 4.90 Å². The van der Waals surface area contributed by atoms with Gasteiger partial charge in [-0.1, -0.05) is 12.1 Å². The first-order valence-electron chi connectivity index (χ1n) is 7.92. The minimum Gasteiger partial charge on any atom is -0.493 e. The van der Waals surface area contributed by atoms with Crippen LogP contribution >= 0.6 is 0 Å². The van der Waals surface area contributed by atoms with Crippen molar-refractivity contribution in [3.8, 4) is 11.5 Å². The number of methoxy groups -OCH3 is 2. The molecule has 0 aliphatic carbocycles. The lowest BCUT2D eigenvalue weighted by atomic mass is 10.0. The van der Waals surface area contributed by atoms with Gasteiger partial charge in [0.25, 0.3) is 5.91 Å². The first-order chi connectivity index (χ1) is 11.6. The Hall–Kier alpha value is -2.56. The van der Waals surface area contributed by atoms with Crippen LogP contribution in [-0.4, -0.2) is 31.6 Å². The summed E-state index contributed by atoms with van der Waals surface area (Å²) < 4.78 is 24.0. The molecular weight excluding hydrogens is 309 g/mol. The van der Waals surface area contributed by atoms with Gasteiger partial charge < -0.3 is 14.4 Å². The Kier molecular flexibility index (Phi) is 4.69. The SMILES string of the molecule is COc1ccc(C(=O)N2CCC[C@H]2c2cccc(F)c2)cc1OC. The van der Waals surface area contributed by atoms with E-state index in [1.807, 2.05) is 6.07 Å². The first-order valence-corrected chi connectivity index (χ1v) is 7.92. The van der Waals surface area contributed by atoms with E-state index >= 15 is 0 Å². The Morgan fingerprint density at radius 3 is 2.62 bits per heavy atom. The number of amides is 1. The van der Waals surface area contributed by atoms with E-state index in [0.29, 0.717) is 23.6 Å². The van der Waals surface area contributed by atoms with E-state index in [-0.39, 0.29) is 17.8 Å². The average Bonchev–Trinajstić information content (AvgIpc) is 3.10. The van der Waals surface area contributed by atoms with Crippen LogP contribution in [0.5, 0.6) is 11.5 Å². The minimum atomic E-state index is -0.280. The van der Waals surface area contributed by atoms with Gasteiger partial charge in [0.15, 0.2) is 11.5 Å². The number of hydrogen-bond donors (Lipinski definition) is 0. The number of carbonyl (C=O) groups excluding carboxylic acids is 1. The number of benzene rings is 2. The van der Waals surface area contributed by atoms with Crippen LogP contribution in [0.25, 0.3) is 0 Å². The van der Waals surface area contributed by atoms with E-state index in [4.69, 9.17) is 9.47 Å². The molecule has 1 fully saturated rings.